The Labute approximate surface area is 101 Å². The second-order valence-electron chi connectivity index (χ2n) is 7.15. The Morgan fingerprint density at radius 1 is 0.938 bits per heavy atom. The van der Waals surface area contributed by atoms with Crippen molar-refractivity contribution in [2.45, 2.75) is 45.7 Å². The standard InChI is InChI=1S/C14H28N2/c1-13(2)10-8-9-14(13,3)12(16(6)7)11(10)15(4)5/h10-12H,8-9H2,1-7H3/t10-,11+,12-,14+/m1/s1. The summed E-state index contributed by atoms with van der Waals surface area (Å²) in [6, 6.07) is 1.43. The van der Waals surface area contributed by atoms with Gasteiger partial charge in [-0.25, -0.2) is 0 Å². The molecule has 0 radical (unpaired) electrons. The molecule has 2 fully saturated rings. The highest BCUT2D eigenvalue weighted by Gasteiger charge is 2.66. The molecule has 94 valence electrons. The summed E-state index contributed by atoms with van der Waals surface area (Å²) >= 11 is 0. The minimum absolute atomic E-state index is 0.482. The van der Waals surface area contributed by atoms with Crippen molar-refractivity contribution in [1.29, 1.82) is 0 Å². The predicted molar refractivity (Wildman–Crippen MR) is 69.6 cm³/mol. The number of hydrogen-bond acceptors (Lipinski definition) is 2. The van der Waals surface area contributed by atoms with Gasteiger partial charge in [0.05, 0.1) is 0 Å². The van der Waals surface area contributed by atoms with Crippen molar-refractivity contribution in [3.8, 4) is 0 Å². The molecule has 2 saturated carbocycles. The predicted octanol–water partition coefficient (Wildman–Crippen LogP) is 2.30. The van der Waals surface area contributed by atoms with E-state index in [0.717, 1.165) is 12.0 Å². The lowest BCUT2D eigenvalue weighted by Gasteiger charge is -2.45. The highest BCUT2D eigenvalue weighted by molar-refractivity contribution is 5.19. The number of rotatable bonds is 2. The maximum absolute atomic E-state index is 2.52. The summed E-state index contributed by atoms with van der Waals surface area (Å²) < 4.78 is 0. The van der Waals surface area contributed by atoms with E-state index in [-0.39, 0.29) is 0 Å². The molecule has 0 aromatic rings. The molecule has 0 saturated heterocycles. The van der Waals surface area contributed by atoms with Crippen molar-refractivity contribution in [2.24, 2.45) is 16.7 Å². The summed E-state index contributed by atoms with van der Waals surface area (Å²) in [6.07, 6.45) is 2.81. The molecule has 0 N–H and O–H groups in total. The molecule has 0 aromatic heterocycles. The average Bonchev–Trinajstić information content (AvgIpc) is 2.45. The van der Waals surface area contributed by atoms with Gasteiger partial charge in [-0.15, -0.1) is 0 Å². The summed E-state index contributed by atoms with van der Waals surface area (Å²) in [6.45, 7) is 7.50. The van der Waals surface area contributed by atoms with E-state index in [0.29, 0.717) is 16.9 Å². The smallest absolute Gasteiger partial charge is 0.0307 e. The van der Waals surface area contributed by atoms with Gasteiger partial charge < -0.3 is 9.80 Å². The van der Waals surface area contributed by atoms with Gasteiger partial charge in [-0.2, -0.15) is 0 Å². The molecule has 0 unspecified atom stereocenters. The monoisotopic (exact) mass is 224 g/mol. The second-order valence-corrected chi connectivity index (χ2v) is 7.15. The fraction of sp³-hybridized carbons (Fsp3) is 1.00. The topological polar surface area (TPSA) is 6.48 Å². The molecule has 2 bridgehead atoms. The fourth-order valence-electron chi connectivity index (χ4n) is 4.80. The molecule has 0 heterocycles. The molecule has 2 rings (SSSR count). The van der Waals surface area contributed by atoms with Crippen LogP contribution in [0.4, 0.5) is 0 Å². The number of fused-ring (bicyclic) bond motifs is 2. The molecule has 2 nitrogen and oxygen atoms in total. The first-order chi connectivity index (χ1) is 7.23. The summed E-state index contributed by atoms with van der Waals surface area (Å²) in [5.41, 5.74) is 0.965. The van der Waals surface area contributed by atoms with Crippen LogP contribution < -0.4 is 0 Å². The van der Waals surface area contributed by atoms with Crippen LogP contribution >= 0.6 is 0 Å². The first-order valence-corrected chi connectivity index (χ1v) is 6.56. The third-order valence-electron chi connectivity index (χ3n) is 5.91. The van der Waals surface area contributed by atoms with Gasteiger partial charge in [-0.05, 0) is 57.8 Å². The Balaban J connectivity index is 2.44. The van der Waals surface area contributed by atoms with Gasteiger partial charge in [0.25, 0.3) is 0 Å². The van der Waals surface area contributed by atoms with Crippen molar-refractivity contribution < 1.29 is 0 Å². The number of likely N-dealkylation sites (N-methyl/N-ethyl adjacent to an activating group) is 2. The second kappa shape index (κ2) is 3.46. The van der Waals surface area contributed by atoms with E-state index in [4.69, 9.17) is 0 Å². The van der Waals surface area contributed by atoms with Crippen LogP contribution in [-0.4, -0.2) is 50.1 Å². The van der Waals surface area contributed by atoms with Crippen molar-refractivity contribution in [1.82, 2.24) is 9.80 Å². The zero-order valence-electron chi connectivity index (χ0n) is 12.0. The Hall–Kier alpha value is -0.0800. The Morgan fingerprint density at radius 3 is 1.88 bits per heavy atom. The summed E-state index contributed by atoms with van der Waals surface area (Å²) in [5.74, 6) is 0.861. The molecule has 0 spiro atoms. The van der Waals surface area contributed by atoms with Crippen LogP contribution in [0.2, 0.25) is 0 Å². The van der Waals surface area contributed by atoms with E-state index in [1.54, 1.807) is 0 Å². The average molecular weight is 224 g/mol. The van der Waals surface area contributed by atoms with Crippen LogP contribution in [-0.2, 0) is 0 Å². The summed E-state index contributed by atoms with van der Waals surface area (Å²) in [4.78, 5) is 4.92. The SMILES string of the molecule is CN(C)[C@H]1[C@H]2CC[C@@](C)([C@@H]1N(C)C)C2(C)C. The molecule has 4 atom stereocenters. The lowest BCUT2D eigenvalue weighted by molar-refractivity contribution is 0.0443. The normalized spacial score (nSPS) is 45.9. The third-order valence-corrected chi connectivity index (χ3v) is 5.91. The zero-order valence-corrected chi connectivity index (χ0v) is 12.0. The van der Waals surface area contributed by atoms with Crippen molar-refractivity contribution in [3.05, 3.63) is 0 Å². The maximum atomic E-state index is 2.52. The van der Waals surface area contributed by atoms with E-state index in [2.05, 4.69) is 58.8 Å². The van der Waals surface area contributed by atoms with Crippen molar-refractivity contribution in [2.75, 3.05) is 28.2 Å². The van der Waals surface area contributed by atoms with E-state index in [1.165, 1.54) is 12.8 Å². The quantitative estimate of drug-likeness (QED) is 0.710. The lowest BCUT2D eigenvalue weighted by atomic mass is 9.69. The molecule has 0 amide bonds. The largest absolute Gasteiger partial charge is 0.305 e. The molecule has 0 aromatic carbocycles. The maximum Gasteiger partial charge on any atom is 0.0307 e. The van der Waals surface area contributed by atoms with Crippen molar-refractivity contribution >= 4 is 0 Å². The zero-order chi connectivity index (χ0) is 12.3. The van der Waals surface area contributed by atoms with E-state index in [9.17, 15) is 0 Å². The van der Waals surface area contributed by atoms with Crippen LogP contribution in [0.3, 0.4) is 0 Å². The summed E-state index contributed by atoms with van der Waals surface area (Å²) in [5, 5.41) is 0. The van der Waals surface area contributed by atoms with Gasteiger partial charge in [-0.1, -0.05) is 20.8 Å². The lowest BCUT2D eigenvalue weighted by Crippen LogP contribution is -2.53. The minimum atomic E-state index is 0.482. The van der Waals surface area contributed by atoms with E-state index in [1.807, 2.05) is 0 Å². The van der Waals surface area contributed by atoms with Crippen LogP contribution in [0.15, 0.2) is 0 Å². The van der Waals surface area contributed by atoms with Crippen LogP contribution in [0.25, 0.3) is 0 Å². The molecule has 16 heavy (non-hydrogen) atoms. The van der Waals surface area contributed by atoms with Crippen LogP contribution in [0.5, 0.6) is 0 Å². The molecule has 2 aliphatic carbocycles. The third kappa shape index (κ3) is 1.26. The highest BCUT2D eigenvalue weighted by atomic mass is 15.2. The van der Waals surface area contributed by atoms with E-state index < -0.39 is 0 Å². The first kappa shape index (κ1) is 12.4. The van der Waals surface area contributed by atoms with Gasteiger partial charge in [0.2, 0.25) is 0 Å². The molecule has 2 aliphatic rings. The van der Waals surface area contributed by atoms with Gasteiger partial charge in [0, 0.05) is 12.1 Å². The molecule has 2 heteroatoms. The Morgan fingerprint density at radius 2 is 1.50 bits per heavy atom. The molecule has 0 aliphatic heterocycles. The fourth-order valence-corrected chi connectivity index (χ4v) is 4.80. The van der Waals surface area contributed by atoms with Gasteiger partial charge in [0.15, 0.2) is 0 Å². The van der Waals surface area contributed by atoms with Gasteiger partial charge in [-0.3, -0.25) is 0 Å². The van der Waals surface area contributed by atoms with Gasteiger partial charge >= 0.3 is 0 Å². The van der Waals surface area contributed by atoms with Crippen LogP contribution in [0.1, 0.15) is 33.6 Å². The Bertz CT molecular complexity index is 282. The molecular weight excluding hydrogens is 196 g/mol. The number of hydrogen-bond donors (Lipinski definition) is 0. The highest BCUT2D eigenvalue weighted by Crippen LogP contribution is 2.67. The van der Waals surface area contributed by atoms with Crippen LogP contribution in [0, 0.1) is 16.7 Å². The number of nitrogens with zero attached hydrogens (tertiary/aromatic N) is 2. The van der Waals surface area contributed by atoms with Gasteiger partial charge in [0.1, 0.15) is 0 Å². The first-order valence-electron chi connectivity index (χ1n) is 6.56. The Kier molecular flexibility index (Phi) is 2.67. The minimum Gasteiger partial charge on any atom is -0.305 e. The summed E-state index contributed by atoms with van der Waals surface area (Å²) in [7, 11) is 9.01. The van der Waals surface area contributed by atoms with Crippen molar-refractivity contribution in [3.63, 3.8) is 0 Å². The van der Waals surface area contributed by atoms with E-state index >= 15 is 0 Å². The molecular formula is C14H28N2.